The number of benzene rings is 2. The number of carbonyl (C=O) groups is 2. The molecule has 0 saturated heterocycles. The number of anilines is 1. The van der Waals surface area contributed by atoms with Crippen molar-refractivity contribution in [2.24, 2.45) is 22.4 Å². The van der Waals surface area contributed by atoms with Crippen molar-refractivity contribution in [2.45, 2.75) is 113 Å². The molecule has 2 aromatic carbocycles. The van der Waals surface area contributed by atoms with Crippen LogP contribution in [0.5, 0.6) is 0 Å². The molecule has 0 bridgehead atoms. The third kappa shape index (κ3) is 11.2. The lowest BCUT2D eigenvalue weighted by molar-refractivity contribution is -0.143. The molecule has 1 unspecified atom stereocenters. The van der Waals surface area contributed by atoms with Crippen molar-refractivity contribution in [3.8, 4) is 11.1 Å². The maximum Gasteiger partial charge on any atom is 0.435 e. The zero-order chi connectivity index (χ0) is 55.3. The Hall–Kier alpha value is -6.23. The van der Waals surface area contributed by atoms with Gasteiger partial charge in [0.15, 0.2) is 27.3 Å². The zero-order valence-corrected chi connectivity index (χ0v) is 42.1. The van der Waals surface area contributed by atoms with Crippen molar-refractivity contribution >= 4 is 66.1 Å². The van der Waals surface area contributed by atoms with Crippen molar-refractivity contribution < 1.29 is 75.1 Å². The van der Waals surface area contributed by atoms with Crippen LogP contribution in [0.1, 0.15) is 85.4 Å². The zero-order valence-electron chi connectivity index (χ0n) is 39.7. The van der Waals surface area contributed by atoms with E-state index in [4.69, 9.17) is 32.8 Å². The number of hydrogen-bond donors (Lipinski definition) is 3. The number of sulfone groups is 1. The first-order valence-electron chi connectivity index (χ1n) is 22.6. The maximum absolute atomic E-state index is 15.6. The minimum Gasteiger partial charge on any atom is -0.445 e. The van der Waals surface area contributed by atoms with Gasteiger partial charge in [-0.25, -0.2) is 30.4 Å². The molecular formula is C45H45ClF10N10O7S2. The van der Waals surface area contributed by atoms with E-state index in [2.05, 4.69) is 20.5 Å². The first kappa shape index (κ1) is 55.0. The average molecular weight is 1130 g/mol. The second kappa shape index (κ2) is 19.1. The molecule has 3 aromatic heterocycles. The van der Waals surface area contributed by atoms with Crippen molar-refractivity contribution in [2.75, 3.05) is 16.8 Å². The number of sulfonamides is 1. The number of nitrogens with zero attached hydrogens (tertiary/aromatic N) is 7. The van der Waals surface area contributed by atoms with Gasteiger partial charge in [0, 0.05) is 53.5 Å². The highest BCUT2D eigenvalue weighted by Crippen LogP contribution is 2.68. The van der Waals surface area contributed by atoms with Gasteiger partial charge in [-0.1, -0.05) is 23.7 Å². The quantitative estimate of drug-likeness (QED) is 0.0492. The van der Waals surface area contributed by atoms with Crippen LogP contribution in [0.15, 0.2) is 47.5 Å². The lowest BCUT2D eigenvalue weighted by Gasteiger charge is -2.33. The van der Waals surface area contributed by atoms with E-state index in [0.29, 0.717) is 12.3 Å². The lowest BCUT2D eigenvalue weighted by atomic mass is 9.90. The molecule has 3 aliphatic carbocycles. The number of aromatic nitrogens is 5. The number of halogens is 11. The monoisotopic (exact) mass is 1130 g/mol. The second-order valence-electron chi connectivity index (χ2n) is 19.3. The van der Waals surface area contributed by atoms with Crippen LogP contribution in [-0.4, -0.2) is 94.9 Å². The van der Waals surface area contributed by atoms with Crippen molar-refractivity contribution in [1.29, 1.82) is 0 Å². The minimum atomic E-state index is -5.22. The van der Waals surface area contributed by atoms with Crippen LogP contribution in [0.25, 0.3) is 22.0 Å². The number of carbonyl (C=O) groups excluding carboxylic acids is 2. The lowest BCUT2D eigenvalue weighted by Crippen LogP contribution is -2.44. The Bertz CT molecular complexity index is 3370. The molecule has 0 radical (unpaired) electrons. The minimum absolute atomic E-state index is 0.0116. The molecule has 406 valence electrons. The summed E-state index contributed by atoms with van der Waals surface area (Å²) in [4.78, 5) is 36.7. The molecule has 17 nitrogen and oxygen atoms in total. The highest BCUT2D eigenvalue weighted by atomic mass is 35.5. The average Bonchev–Trinajstić information content (AvgIpc) is 3.76. The fourth-order valence-corrected chi connectivity index (χ4v) is 10.8. The molecule has 3 aliphatic rings. The summed E-state index contributed by atoms with van der Waals surface area (Å²) in [5.41, 5.74) is 5.55. The Labute approximate surface area is 425 Å². The largest absolute Gasteiger partial charge is 0.445 e. The van der Waals surface area contributed by atoms with Gasteiger partial charge < -0.3 is 21.5 Å². The SMILES string of the molecule is CC(C)(CCc1ccc(-c2ccc(Cl)c3c(N(C(=O)OC4CC(N=C(N)N)C4)S(C)(=O)=O)nn(CC(F)(F)F)c23)c([C@H](Cc2cc(F)cc(F)c2)NC(=O)Cn2nc(C(F)(F)F)c3c2C(F)(F)C2C[C@H]32)n1)S(C)(=O)=O. The van der Waals surface area contributed by atoms with E-state index in [1.165, 1.54) is 26.0 Å². The number of aryl methyl sites for hydroxylation is 1. The van der Waals surface area contributed by atoms with Crippen LogP contribution in [0, 0.1) is 17.6 Å². The van der Waals surface area contributed by atoms with Crippen molar-refractivity contribution in [3.63, 3.8) is 0 Å². The van der Waals surface area contributed by atoms with Crippen molar-refractivity contribution in [3.05, 3.63) is 93.0 Å². The summed E-state index contributed by atoms with van der Waals surface area (Å²) in [5.74, 6) is -11.3. The molecule has 5 N–H and O–H groups in total. The van der Waals surface area contributed by atoms with E-state index in [1.54, 1.807) is 0 Å². The Balaban J connectivity index is 1.31. The van der Waals surface area contributed by atoms with Crippen LogP contribution in [-0.2, 0) is 67.4 Å². The van der Waals surface area contributed by atoms with Crippen molar-refractivity contribution in [1.82, 2.24) is 29.9 Å². The summed E-state index contributed by atoms with van der Waals surface area (Å²) in [6.07, 6.45) is -12.6. The number of guanidine groups is 1. The van der Waals surface area contributed by atoms with E-state index >= 15 is 8.78 Å². The van der Waals surface area contributed by atoms with Gasteiger partial charge in [-0.2, -0.15) is 49.6 Å². The molecule has 2 amide bonds. The second-order valence-corrected chi connectivity index (χ2v) is 24.2. The normalized spacial score (nSPS) is 19.7. The maximum atomic E-state index is 15.6. The molecule has 0 spiro atoms. The number of nitrogens with two attached hydrogens (primary N) is 2. The van der Waals surface area contributed by atoms with Crippen LogP contribution in [0.4, 0.5) is 54.5 Å². The molecule has 75 heavy (non-hydrogen) atoms. The molecule has 8 rings (SSSR count). The molecule has 0 aliphatic heterocycles. The third-order valence-electron chi connectivity index (χ3n) is 13.3. The van der Waals surface area contributed by atoms with Gasteiger partial charge in [0.25, 0.3) is 5.92 Å². The van der Waals surface area contributed by atoms with Gasteiger partial charge in [-0.05, 0) is 75.3 Å². The number of hydrogen-bond acceptors (Lipinski definition) is 11. The van der Waals surface area contributed by atoms with Gasteiger partial charge >= 0.3 is 18.4 Å². The fourth-order valence-electron chi connectivity index (χ4n) is 9.34. The first-order valence-corrected chi connectivity index (χ1v) is 26.7. The molecule has 3 heterocycles. The van der Waals surface area contributed by atoms with Gasteiger partial charge in [0.05, 0.1) is 44.7 Å². The summed E-state index contributed by atoms with van der Waals surface area (Å²) < 4.78 is 205. The topological polar surface area (TPSA) is 240 Å². The number of pyridine rings is 1. The van der Waals surface area contributed by atoms with E-state index in [1.807, 2.05) is 0 Å². The third-order valence-corrected chi connectivity index (χ3v) is 16.8. The van der Waals surface area contributed by atoms with Crippen LogP contribution < -0.4 is 21.1 Å². The van der Waals surface area contributed by atoms with Crippen LogP contribution in [0.2, 0.25) is 5.02 Å². The summed E-state index contributed by atoms with van der Waals surface area (Å²) in [5, 5.41) is 8.77. The molecule has 5 aromatic rings. The summed E-state index contributed by atoms with van der Waals surface area (Å²) in [6, 6.07) is 4.70. The fraction of sp³-hybridized carbons (Fsp3) is 0.467. The van der Waals surface area contributed by atoms with Gasteiger partial charge in [-0.3, -0.25) is 24.1 Å². The van der Waals surface area contributed by atoms with Gasteiger partial charge in [-0.15, -0.1) is 0 Å². The Morgan fingerprint density at radius 1 is 0.947 bits per heavy atom. The van der Waals surface area contributed by atoms with Gasteiger partial charge in [0.1, 0.15) is 36.5 Å². The number of aliphatic imine (C=N–C) groups is 1. The molecule has 3 atom stereocenters. The van der Waals surface area contributed by atoms with E-state index in [9.17, 15) is 61.5 Å². The predicted molar refractivity (Wildman–Crippen MR) is 251 cm³/mol. The first-order chi connectivity index (χ1) is 34.5. The van der Waals surface area contributed by atoms with Gasteiger partial charge in [0.2, 0.25) is 15.9 Å². The number of nitrogens with one attached hydrogen (secondary N) is 1. The summed E-state index contributed by atoms with van der Waals surface area (Å²) in [7, 11) is -8.60. The number of ether oxygens (including phenoxy) is 1. The number of rotatable bonds is 16. The van der Waals surface area contributed by atoms with Crippen LogP contribution in [0.3, 0.4) is 0 Å². The Morgan fingerprint density at radius 3 is 2.17 bits per heavy atom. The highest BCUT2D eigenvalue weighted by Gasteiger charge is 2.68. The van der Waals surface area contributed by atoms with E-state index in [-0.39, 0.29) is 79.8 Å². The number of amides is 2. The highest BCUT2D eigenvalue weighted by molar-refractivity contribution is 7.92. The number of fused-ring (bicyclic) bond motifs is 4. The number of alkyl halides is 8. The predicted octanol–water partition coefficient (Wildman–Crippen LogP) is 7.58. The summed E-state index contributed by atoms with van der Waals surface area (Å²) >= 11 is 6.68. The smallest absolute Gasteiger partial charge is 0.435 e. The van der Waals surface area contributed by atoms with E-state index in [0.717, 1.165) is 30.5 Å². The Kier molecular flexibility index (Phi) is 14.0. The standard InChI is InChI=1S/C45H45ClF10N10O7S2/c1-42(2,74(3,69)70)10-9-23-5-6-26(27-7-8-30(46)34-36(27)65(19-43(49,50)51)63-39(34)66(75(4,71)72)41(68)73-25-15-24(16-25)60-40(57)58)35(59-23)31(13-20-11-21(47)14-22(48)12-20)61-32(67)18-64-38-33(37(62-64)45(54,55)56)28-17-29(28)44(38,52)53/h5-8,11-12,14,24-25,28-29,31H,9-10,13,15-19H2,1-4H3,(H,61,67)(H4,57,58,60)/t24?,25?,28-,29?,31-/m0/s1. The molecule has 2 fully saturated rings. The molecule has 30 heteroatoms. The molecular weight excluding hydrogens is 1080 g/mol. The summed E-state index contributed by atoms with van der Waals surface area (Å²) in [6.45, 7) is -0.440. The van der Waals surface area contributed by atoms with Crippen LogP contribution >= 0.6 is 11.6 Å². The molecule has 2 saturated carbocycles. The Morgan fingerprint density at radius 2 is 1.59 bits per heavy atom. The van der Waals surface area contributed by atoms with E-state index < -0.39 is 155 Å².